The van der Waals surface area contributed by atoms with Crippen LogP contribution >= 0.6 is 0 Å². The van der Waals surface area contributed by atoms with Crippen molar-refractivity contribution in [2.75, 3.05) is 0 Å². The zero-order chi connectivity index (χ0) is 14.4. The first-order chi connectivity index (χ1) is 8.08. The van der Waals surface area contributed by atoms with E-state index in [0.29, 0.717) is 0 Å². The van der Waals surface area contributed by atoms with Gasteiger partial charge in [0, 0.05) is 5.10 Å². The fourth-order valence-electron chi connectivity index (χ4n) is 0.853. The molecule has 106 valence electrons. The minimum Gasteiger partial charge on any atom is -0.741 e. The summed E-state index contributed by atoms with van der Waals surface area (Å²) in [6, 6.07) is 0. The summed E-state index contributed by atoms with van der Waals surface area (Å²) in [4.78, 5) is 0. The van der Waals surface area contributed by atoms with E-state index in [-0.39, 0.29) is 0 Å². The quantitative estimate of drug-likeness (QED) is 0.462. The van der Waals surface area contributed by atoms with Crippen molar-refractivity contribution in [1.82, 2.24) is 9.78 Å². The maximum atomic E-state index is 10.7. The predicted octanol–water partition coefficient (Wildman–Crippen LogP) is 0.559. The highest BCUT2D eigenvalue weighted by atomic mass is 32.2. The van der Waals surface area contributed by atoms with Crippen LogP contribution in [0.15, 0.2) is 12.7 Å². The van der Waals surface area contributed by atoms with Crippen LogP contribution in [0.25, 0.3) is 0 Å². The first-order valence-corrected chi connectivity index (χ1v) is 6.38. The van der Waals surface area contributed by atoms with Gasteiger partial charge < -0.3 is 4.55 Å². The summed E-state index contributed by atoms with van der Waals surface area (Å²) >= 11 is 0. The minimum absolute atomic E-state index is 1.04. The van der Waals surface area contributed by atoms with E-state index >= 15 is 0 Å². The molecule has 1 aromatic rings. The molecule has 6 nitrogen and oxygen atoms in total. The molecule has 0 saturated heterocycles. The highest BCUT2D eigenvalue weighted by Gasteiger charge is 2.36. The number of halogens is 3. The predicted molar refractivity (Wildman–Crippen MR) is 54.1 cm³/mol. The third-order valence-corrected chi connectivity index (χ3v) is 2.29. The second-order valence-corrected chi connectivity index (χ2v) is 4.80. The number of hydrogen-bond acceptors (Lipinski definition) is 4. The van der Waals surface area contributed by atoms with Crippen molar-refractivity contribution in [3.8, 4) is 0 Å². The van der Waals surface area contributed by atoms with Crippen molar-refractivity contribution in [2.24, 2.45) is 7.05 Å². The maximum Gasteiger partial charge on any atom is 0.485 e. The minimum atomic E-state index is -6.09. The molecule has 0 radical (unpaired) electrons. The Morgan fingerprint density at radius 3 is 2.22 bits per heavy atom. The van der Waals surface area contributed by atoms with E-state index < -0.39 is 15.6 Å². The van der Waals surface area contributed by atoms with Crippen LogP contribution in [0.5, 0.6) is 0 Å². The molecule has 0 aliphatic rings. The number of nitrogens with zero attached hydrogens (tertiary/aromatic N) is 3. The molecule has 0 fully saturated rings. The van der Waals surface area contributed by atoms with Gasteiger partial charge in [-0.25, -0.2) is 13.0 Å². The van der Waals surface area contributed by atoms with Crippen LogP contribution in [0.4, 0.5) is 13.2 Å². The largest absolute Gasteiger partial charge is 0.741 e. The van der Waals surface area contributed by atoms with Gasteiger partial charge in [-0.05, 0) is 6.42 Å². The summed E-state index contributed by atoms with van der Waals surface area (Å²) in [5, 5.41) is 4.13. The van der Waals surface area contributed by atoms with Crippen molar-refractivity contribution in [3.05, 3.63) is 12.7 Å². The van der Waals surface area contributed by atoms with Crippen molar-refractivity contribution in [2.45, 2.75) is 31.8 Å². The Bertz CT molecular complexity index is 456. The van der Waals surface area contributed by atoms with Gasteiger partial charge in [-0.3, -0.25) is 0 Å². The third kappa shape index (κ3) is 6.55. The summed E-state index contributed by atoms with van der Waals surface area (Å²) in [6.45, 7) is 3.22. The van der Waals surface area contributed by atoms with Gasteiger partial charge in [-0.2, -0.15) is 13.2 Å². The van der Waals surface area contributed by atoms with E-state index in [2.05, 4.69) is 12.0 Å². The average Bonchev–Trinajstić information content (AvgIpc) is 2.59. The third-order valence-electron chi connectivity index (χ3n) is 1.72. The van der Waals surface area contributed by atoms with Gasteiger partial charge in [0.25, 0.3) is 6.33 Å². The van der Waals surface area contributed by atoms with Crippen molar-refractivity contribution in [3.63, 3.8) is 0 Å². The van der Waals surface area contributed by atoms with Crippen molar-refractivity contribution >= 4 is 10.1 Å². The second kappa shape index (κ2) is 6.69. The highest BCUT2D eigenvalue weighted by Crippen LogP contribution is 2.20. The maximum absolute atomic E-state index is 10.7. The zero-order valence-corrected chi connectivity index (χ0v) is 10.7. The number of rotatable bonds is 3. The van der Waals surface area contributed by atoms with E-state index in [9.17, 15) is 13.2 Å². The van der Waals surface area contributed by atoms with E-state index in [1.165, 1.54) is 12.8 Å². The topological polar surface area (TPSA) is 78.9 Å². The van der Waals surface area contributed by atoms with Crippen LogP contribution in [0.2, 0.25) is 0 Å². The fourth-order valence-corrected chi connectivity index (χ4v) is 0.853. The summed E-state index contributed by atoms with van der Waals surface area (Å²) in [7, 11) is -4.11. The normalized spacial score (nSPS) is 11.9. The first kappa shape index (κ1) is 16.8. The Balaban J connectivity index is 0.000000331. The Labute approximate surface area is 103 Å². The van der Waals surface area contributed by atoms with Crippen LogP contribution in [-0.2, 0) is 23.7 Å². The molecule has 0 amide bonds. The van der Waals surface area contributed by atoms with Gasteiger partial charge in [-0.1, -0.05) is 13.3 Å². The van der Waals surface area contributed by atoms with Crippen LogP contribution in [0, 0.1) is 0 Å². The fraction of sp³-hybridized carbons (Fsp3) is 0.750. The lowest BCUT2D eigenvalue weighted by molar-refractivity contribution is -0.672. The monoisotopic (exact) mass is 289 g/mol. The Kier molecular flexibility index (Phi) is 6.26. The lowest BCUT2D eigenvalue weighted by Gasteiger charge is -2.08. The summed E-state index contributed by atoms with van der Waals surface area (Å²) in [6.07, 6.45) is 6.25. The molecule has 0 atom stereocenters. The van der Waals surface area contributed by atoms with Crippen molar-refractivity contribution < 1.29 is 30.7 Å². The van der Waals surface area contributed by atoms with E-state index in [1.807, 2.05) is 29.0 Å². The molecule has 1 heterocycles. The molecule has 0 unspecified atom stereocenters. The van der Waals surface area contributed by atoms with Gasteiger partial charge in [0.15, 0.2) is 10.1 Å². The number of aromatic nitrogens is 3. The SMILES string of the molecule is CCCCn1c[n+](C)cn1.O=S(=O)([O-])C(F)(F)F. The lowest BCUT2D eigenvalue weighted by atomic mass is 10.3. The van der Waals surface area contributed by atoms with Gasteiger partial charge >= 0.3 is 5.51 Å². The molecule has 0 aliphatic carbocycles. The number of aryl methyl sites for hydroxylation is 2. The molecule has 0 saturated carbocycles. The van der Waals surface area contributed by atoms with E-state index in [4.69, 9.17) is 13.0 Å². The molecule has 0 N–H and O–H groups in total. The smallest absolute Gasteiger partial charge is 0.485 e. The Morgan fingerprint density at radius 2 is 1.94 bits per heavy atom. The number of hydrogen-bond donors (Lipinski definition) is 0. The zero-order valence-electron chi connectivity index (χ0n) is 9.88. The number of alkyl halides is 3. The molecule has 18 heavy (non-hydrogen) atoms. The summed E-state index contributed by atoms with van der Waals surface area (Å²) in [5.41, 5.74) is -5.65. The molecule has 10 heteroatoms. The van der Waals surface area contributed by atoms with Crippen LogP contribution in [0.3, 0.4) is 0 Å². The molecule has 0 spiro atoms. The standard InChI is InChI=1S/C7H14N3.CHF3O3S/c1-3-4-5-10-7-9(2)6-8-10;2-1(3,4)8(5,6)7/h6-7H,3-5H2,1-2H3;(H,5,6,7)/q+1;/p-1. The van der Waals surface area contributed by atoms with Crippen LogP contribution < -0.4 is 4.57 Å². The van der Waals surface area contributed by atoms with Gasteiger partial charge in [0.1, 0.15) is 6.54 Å². The summed E-state index contributed by atoms with van der Waals surface area (Å²) in [5.74, 6) is 0. The molecular weight excluding hydrogens is 275 g/mol. The Morgan fingerprint density at radius 1 is 1.44 bits per heavy atom. The van der Waals surface area contributed by atoms with E-state index in [0.717, 1.165) is 6.54 Å². The Hall–Kier alpha value is -1.16. The number of unbranched alkanes of at least 4 members (excludes halogenated alkanes) is 1. The lowest BCUT2D eigenvalue weighted by Crippen LogP contribution is -2.23. The van der Waals surface area contributed by atoms with Gasteiger partial charge in [0.2, 0.25) is 6.33 Å². The molecule has 0 bridgehead atoms. The van der Waals surface area contributed by atoms with Crippen LogP contribution in [0.1, 0.15) is 19.8 Å². The summed E-state index contributed by atoms with van der Waals surface area (Å²) < 4.78 is 62.8. The molecule has 1 rings (SSSR count). The molecule has 0 aromatic carbocycles. The van der Waals surface area contributed by atoms with Gasteiger partial charge in [-0.15, -0.1) is 4.68 Å². The molecular formula is C8H14F3N3O3S. The van der Waals surface area contributed by atoms with Crippen LogP contribution in [-0.4, -0.2) is 28.3 Å². The molecule has 1 aromatic heterocycles. The second-order valence-electron chi connectivity index (χ2n) is 3.43. The van der Waals surface area contributed by atoms with Crippen molar-refractivity contribution in [1.29, 1.82) is 0 Å². The average molecular weight is 289 g/mol. The molecule has 0 aliphatic heterocycles. The first-order valence-electron chi connectivity index (χ1n) is 4.97. The van der Waals surface area contributed by atoms with E-state index in [1.54, 1.807) is 0 Å². The van der Waals surface area contributed by atoms with Gasteiger partial charge in [0.05, 0.1) is 7.05 Å². The highest BCUT2D eigenvalue weighted by molar-refractivity contribution is 7.86.